The topological polar surface area (TPSA) is 64.1 Å². The molecule has 6 nitrogen and oxygen atoms in total. The lowest BCUT2D eigenvalue weighted by atomic mass is 9.85. The van der Waals surface area contributed by atoms with Gasteiger partial charge in [0.15, 0.2) is 23.5 Å². The van der Waals surface area contributed by atoms with Gasteiger partial charge in [-0.2, -0.15) is 4.57 Å². The molecule has 1 aliphatic heterocycles. The number of piperidine rings is 1. The number of hydrogen-bond acceptors (Lipinski definition) is 4. The van der Waals surface area contributed by atoms with Gasteiger partial charge in [-0.3, -0.25) is 4.79 Å². The number of Topliss-reactive ketones (excluding diaryl/α,β-unsaturated/α-hetero) is 1. The Labute approximate surface area is 229 Å². The number of quaternary nitrogens is 1. The molecule has 1 fully saturated rings. The molecule has 6 rings (SSSR count). The second-order valence-corrected chi connectivity index (χ2v) is 11.0. The first-order valence-corrected chi connectivity index (χ1v) is 13.9. The molecule has 39 heavy (non-hydrogen) atoms. The van der Waals surface area contributed by atoms with Gasteiger partial charge in [0, 0.05) is 28.5 Å². The molecule has 4 aromatic rings. The maximum Gasteiger partial charge on any atom is 0.292 e. The summed E-state index contributed by atoms with van der Waals surface area (Å²) in [5.74, 6) is 2.30. The molecule has 1 aromatic heterocycles. The lowest BCUT2D eigenvalue weighted by molar-refractivity contribution is -0.919. The van der Waals surface area contributed by atoms with Crippen molar-refractivity contribution in [3.8, 4) is 17.2 Å². The number of phenols is 1. The molecule has 0 spiro atoms. The third-order valence-electron chi connectivity index (χ3n) is 8.44. The van der Waals surface area contributed by atoms with Crippen molar-refractivity contribution in [2.45, 2.75) is 39.0 Å². The van der Waals surface area contributed by atoms with Gasteiger partial charge in [0.1, 0.15) is 12.3 Å². The number of hydrogen-bond donors (Lipinski definition) is 2. The van der Waals surface area contributed by atoms with Crippen LogP contribution in [0.2, 0.25) is 0 Å². The number of benzene rings is 3. The molecule has 6 heteroatoms. The normalized spacial score (nSPS) is 20.6. The van der Waals surface area contributed by atoms with Crippen molar-refractivity contribution in [2.75, 3.05) is 20.2 Å². The lowest BCUT2D eigenvalue weighted by Gasteiger charge is -2.30. The van der Waals surface area contributed by atoms with Crippen molar-refractivity contribution < 1.29 is 28.8 Å². The van der Waals surface area contributed by atoms with Gasteiger partial charge in [-0.15, -0.1) is 0 Å². The first kappa shape index (κ1) is 25.4. The second-order valence-electron chi connectivity index (χ2n) is 11.0. The molecule has 0 amide bonds. The summed E-state index contributed by atoms with van der Waals surface area (Å²) in [5, 5.41) is 11.0. The van der Waals surface area contributed by atoms with E-state index in [1.807, 2.05) is 41.1 Å². The Bertz CT molecular complexity index is 1480. The van der Waals surface area contributed by atoms with E-state index in [9.17, 15) is 9.90 Å². The molecule has 1 saturated heterocycles. The van der Waals surface area contributed by atoms with Crippen molar-refractivity contribution in [1.82, 2.24) is 0 Å². The molecule has 0 radical (unpaired) electrons. The summed E-state index contributed by atoms with van der Waals surface area (Å²) in [6.45, 7) is 3.69. The Morgan fingerprint density at radius 1 is 0.974 bits per heavy atom. The van der Waals surface area contributed by atoms with E-state index in [4.69, 9.17) is 9.47 Å². The van der Waals surface area contributed by atoms with Crippen molar-refractivity contribution in [2.24, 2.45) is 11.8 Å². The second kappa shape index (κ2) is 11.1. The first-order chi connectivity index (χ1) is 19.1. The number of aromatic hydroxyl groups is 1. The number of methoxy groups -OCH3 is 1. The Kier molecular flexibility index (Phi) is 7.20. The molecule has 0 saturated carbocycles. The van der Waals surface area contributed by atoms with Gasteiger partial charge in [-0.1, -0.05) is 30.3 Å². The van der Waals surface area contributed by atoms with E-state index in [1.54, 1.807) is 24.1 Å². The standard InChI is InChI=1S/C33H34N2O4/c1-38-31-20-29-26(18-32(31)39-22-35-13-5-8-25-9-10-28(36)19-30(25)35)17-27(33(29)37)16-23-11-14-34(15-12-23)21-24-6-3-2-4-7-24/h2-10,13,18-20,23,27H,11-12,14-17,21-22H2,1H3/p+2. The fourth-order valence-electron chi connectivity index (χ4n) is 6.33. The molecule has 3 aromatic carbocycles. The third kappa shape index (κ3) is 5.48. The van der Waals surface area contributed by atoms with Crippen LogP contribution in [0.1, 0.15) is 40.7 Å². The molecule has 0 bridgehead atoms. The van der Waals surface area contributed by atoms with Crippen LogP contribution in [0.25, 0.3) is 10.9 Å². The zero-order chi connectivity index (χ0) is 26.8. The van der Waals surface area contributed by atoms with Crippen LogP contribution in [-0.2, 0) is 19.7 Å². The van der Waals surface area contributed by atoms with Crippen molar-refractivity contribution in [3.05, 3.63) is 95.7 Å². The van der Waals surface area contributed by atoms with Crippen molar-refractivity contribution >= 4 is 16.7 Å². The largest absolute Gasteiger partial charge is 0.508 e. The highest BCUT2D eigenvalue weighted by atomic mass is 16.5. The fraction of sp³-hybridized carbons (Fsp3) is 0.333. The van der Waals surface area contributed by atoms with Crippen LogP contribution >= 0.6 is 0 Å². The number of carbonyl (C=O) groups is 1. The van der Waals surface area contributed by atoms with Crippen LogP contribution in [0, 0.1) is 11.8 Å². The molecule has 1 aliphatic carbocycles. The third-order valence-corrected chi connectivity index (χ3v) is 8.44. The number of likely N-dealkylation sites (tertiary alicyclic amines) is 1. The number of nitrogens with one attached hydrogen (secondary N) is 1. The minimum Gasteiger partial charge on any atom is -0.508 e. The SMILES string of the molecule is COc1cc2c(cc1OC[n+]1cccc3ccc(O)cc31)CC(CC1CC[NH+](Cc3ccccc3)CC1)C2=O. The van der Waals surface area contributed by atoms with Crippen LogP contribution in [0.4, 0.5) is 0 Å². The van der Waals surface area contributed by atoms with E-state index >= 15 is 0 Å². The predicted molar refractivity (Wildman–Crippen MR) is 149 cm³/mol. The number of carbonyl (C=O) groups excluding carboxylic acids is 1. The Balaban J connectivity index is 1.10. The van der Waals surface area contributed by atoms with Gasteiger partial charge in [0.25, 0.3) is 6.73 Å². The minimum absolute atomic E-state index is 0.0380. The van der Waals surface area contributed by atoms with Crippen LogP contribution in [0.15, 0.2) is 79.0 Å². The van der Waals surface area contributed by atoms with E-state index in [0.29, 0.717) is 17.4 Å². The van der Waals surface area contributed by atoms with Crippen LogP contribution in [-0.4, -0.2) is 31.1 Å². The van der Waals surface area contributed by atoms with Crippen molar-refractivity contribution in [3.63, 3.8) is 0 Å². The summed E-state index contributed by atoms with van der Waals surface area (Å²) in [6.07, 6.45) is 6.00. The molecule has 200 valence electrons. The smallest absolute Gasteiger partial charge is 0.292 e. The van der Waals surface area contributed by atoms with Crippen molar-refractivity contribution in [1.29, 1.82) is 0 Å². The molecular weight excluding hydrogens is 488 g/mol. The van der Waals surface area contributed by atoms with Crippen LogP contribution in [0.3, 0.4) is 0 Å². The number of aromatic nitrogens is 1. The monoisotopic (exact) mass is 524 g/mol. The van der Waals surface area contributed by atoms with Gasteiger partial charge >= 0.3 is 0 Å². The average Bonchev–Trinajstić information content (AvgIpc) is 3.26. The highest BCUT2D eigenvalue weighted by Gasteiger charge is 2.35. The van der Waals surface area contributed by atoms with Gasteiger partial charge in [-0.05, 0) is 67.5 Å². The summed E-state index contributed by atoms with van der Waals surface area (Å²) < 4.78 is 13.8. The quantitative estimate of drug-likeness (QED) is 0.341. The number of fused-ring (bicyclic) bond motifs is 2. The molecular formula is C33H36N2O4+2. The maximum atomic E-state index is 13.4. The zero-order valence-electron chi connectivity index (χ0n) is 22.4. The number of ether oxygens (including phenoxy) is 2. The predicted octanol–water partition coefficient (Wildman–Crippen LogP) is 4.12. The number of phenolic OH excluding ortho intramolecular Hbond substituents is 1. The molecule has 2 aliphatic rings. The van der Waals surface area contributed by atoms with E-state index in [1.165, 1.54) is 31.5 Å². The summed E-state index contributed by atoms with van der Waals surface area (Å²) in [6, 6.07) is 23.8. The van der Waals surface area contributed by atoms with Crippen LogP contribution < -0.4 is 18.9 Å². The average molecular weight is 525 g/mol. The van der Waals surface area contributed by atoms with Crippen LogP contribution in [0.5, 0.6) is 17.2 Å². The van der Waals surface area contributed by atoms with Gasteiger partial charge in [0.05, 0.1) is 26.3 Å². The van der Waals surface area contributed by atoms with Gasteiger partial charge in [-0.25, -0.2) is 0 Å². The van der Waals surface area contributed by atoms with E-state index in [0.717, 1.165) is 41.4 Å². The highest BCUT2D eigenvalue weighted by Crippen LogP contribution is 2.39. The first-order valence-electron chi connectivity index (χ1n) is 13.9. The number of rotatable bonds is 8. The Hall–Kier alpha value is -3.90. The van der Waals surface area contributed by atoms with E-state index < -0.39 is 0 Å². The molecule has 1 unspecified atom stereocenters. The highest BCUT2D eigenvalue weighted by molar-refractivity contribution is 6.02. The summed E-state index contributed by atoms with van der Waals surface area (Å²) in [5.41, 5.74) is 4.11. The number of ketones is 1. The Morgan fingerprint density at radius 3 is 2.59 bits per heavy atom. The van der Waals surface area contributed by atoms with E-state index in [-0.39, 0.29) is 24.2 Å². The Morgan fingerprint density at radius 2 is 1.79 bits per heavy atom. The minimum atomic E-state index is 0.0380. The summed E-state index contributed by atoms with van der Waals surface area (Å²) in [4.78, 5) is 15.0. The van der Waals surface area contributed by atoms with Gasteiger partial charge < -0.3 is 19.5 Å². The van der Waals surface area contributed by atoms with E-state index in [2.05, 4.69) is 30.3 Å². The zero-order valence-corrected chi connectivity index (χ0v) is 22.4. The fourth-order valence-corrected chi connectivity index (χ4v) is 6.33. The molecule has 2 N–H and O–H groups in total. The molecule has 2 heterocycles. The maximum absolute atomic E-state index is 13.4. The lowest BCUT2D eigenvalue weighted by Crippen LogP contribution is -3.11. The summed E-state index contributed by atoms with van der Waals surface area (Å²) >= 11 is 0. The van der Waals surface area contributed by atoms with Gasteiger partial charge in [0.2, 0.25) is 5.52 Å². The summed E-state index contributed by atoms with van der Waals surface area (Å²) in [7, 11) is 1.61. The number of nitrogens with zero attached hydrogens (tertiary/aromatic N) is 1. The number of pyridine rings is 1. The molecule has 1 atom stereocenters.